The highest BCUT2D eigenvalue weighted by Gasteiger charge is 2.45. The van der Waals surface area contributed by atoms with E-state index >= 15 is 0 Å². The normalized spacial score (nSPS) is 23.9. The zero-order valence-electron chi connectivity index (χ0n) is 20.5. The van der Waals surface area contributed by atoms with E-state index in [4.69, 9.17) is 9.72 Å². The van der Waals surface area contributed by atoms with Gasteiger partial charge in [-0.3, -0.25) is 9.69 Å². The fraction of sp³-hybridized carbons (Fsp3) is 0.444. The van der Waals surface area contributed by atoms with Crippen LogP contribution in [0, 0.1) is 12.7 Å². The first-order valence-corrected chi connectivity index (χ1v) is 12.4. The molecule has 6 rings (SSSR count). The van der Waals surface area contributed by atoms with Crippen molar-refractivity contribution in [2.75, 3.05) is 13.1 Å². The molecular weight excluding hydrogens is 465 g/mol. The zero-order chi connectivity index (χ0) is 25.5. The van der Waals surface area contributed by atoms with Gasteiger partial charge in [-0.2, -0.15) is 0 Å². The molecule has 0 bridgehead atoms. The number of aliphatic hydroxyl groups excluding tert-OH is 1. The van der Waals surface area contributed by atoms with E-state index in [0.717, 1.165) is 23.1 Å². The van der Waals surface area contributed by atoms with Crippen LogP contribution < -0.4 is 5.56 Å². The van der Waals surface area contributed by atoms with Crippen LogP contribution in [0.2, 0.25) is 0 Å². The van der Waals surface area contributed by atoms with Gasteiger partial charge in [0.1, 0.15) is 12.4 Å². The van der Waals surface area contributed by atoms with Gasteiger partial charge in [-0.05, 0) is 49.9 Å². The first-order chi connectivity index (χ1) is 17.1. The SMILES string of the molecule is CC[C@@]1(O)C(=O)OCc2c1cc1n(c2=O)Cc2c-1nc1cc(F)c(C)cc1c2[C@H](C)N1CC[C@@H](O)C1. The van der Waals surface area contributed by atoms with Crippen molar-refractivity contribution >= 4 is 16.9 Å². The summed E-state index contributed by atoms with van der Waals surface area (Å²) in [5.74, 6) is -1.14. The van der Waals surface area contributed by atoms with Crippen molar-refractivity contribution in [3.05, 3.63) is 62.2 Å². The third kappa shape index (κ3) is 3.12. The molecule has 5 heterocycles. The Morgan fingerprint density at radius 1 is 1.28 bits per heavy atom. The maximum atomic E-state index is 14.6. The highest BCUT2D eigenvalue weighted by atomic mass is 19.1. The lowest BCUT2D eigenvalue weighted by molar-refractivity contribution is -0.172. The topological polar surface area (TPSA) is 105 Å². The average molecular weight is 494 g/mol. The van der Waals surface area contributed by atoms with Crippen LogP contribution in [0.5, 0.6) is 0 Å². The van der Waals surface area contributed by atoms with E-state index in [-0.39, 0.29) is 48.1 Å². The van der Waals surface area contributed by atoms with Gasteiger partial charge in [0.05, 0.1) is 35.1 Å². The molecule has 3 aliphatic heterocycles. The second kappa shape index (κ2) is 7.93. The van der Waals surface area contributed by atoms with Crippen molar-refractivity contribution in [2.45, 2.75) is 64.5 Å². The Kier molecular flexibility index (Phi) is 5.13. The number of aliphatic hydroxyl groups is 2. The van der Waals surface area contributed by atoms with Crippen LogP contribution in [-0.4, -0.2) is 49.8 Å². The number of nitrogens with zero attached hydrogens (tertiary/aromatic N) is 3. The number of halogens is 1. The van der Waals surface area contributed by atoms with Crippen molar-refractivity contribution in [1.29, 1.82) is 0 Å². The summed E-state index contributed by atoms with van der Waals surface area (Å²) >= 11 is 0. The van der Waals surface area contributed by atoms with E-state index in [1.165, 1.54) is 6.07 Å². The Morgan fingerprint density at radius 2 is 2.06 bits per heavy atom. The molecule has 3 aromatic rings. The molecule has 188 valence electrons. The molecule has 2 N–H and O–H groups in total. The molecule has 0 aliphatic carbocycles. The fourth-order valence-electron chi connectivity index (χ4n) is 6.02. The molecule has 0 saturated carbocycles. The quantitative estimate of drug-likeness (QED) is 0.423. The summed E-state index contributed by atoms with van der Waals surface area (Å²) in [5.41, 5.74) is 2.10. The Hall–Kier alpha value is -3.14. The summed E-state index contributed by atoms with van der Waals surface area (Å²) in [5, 5.41) is 22.1. The number of pyridine rings is 2. The van der Waals surface area contributed by atoms with Crippen LogP contribution in [0.1, 0.15) is 60.5 Å². The van der Waals surface area contributed by atoms with Gasteiger partial charge in [-0.15, -0.1) is 0 Å². The van der Waals surface area contributed by atoms with E-state index < -0.39 is 17.7 Å². The number of benzene rings is 1. The highest BCUT2D eigenvalue weighted by molar-refractivity contribution is 5.90. The zero-order valence-corrected chi connectivity index (χ0v) is 20.5. The molecule has 0 radical (unpaired) electrons. The first-order valence-electron chi connectivity index (χ1n) is 12.4. The van der Waals surface area contributed by atoms with Crippen molar-refractivity contribution in [3.8, 4) is 11.4 Å². The van der Waals surface area contributed by atoms with Gasteiger partial charge in [0.15, 0.2) is 5.60 Å². The summed E-state index contributed by atoms with van der Waals surface area (Å²) in [6.45, 7) is 6.77. The van der Waals surface area contributed by atoms with E-state index in [1.54, 1.807) is 30.5 Å². The summed E-state index contributed by atoms with van der Waals surface area (Å²) < 4.78 is 21.4. The predicted molar refractivity (Wildman–Crippen MR) is 130 cm³/mol. The van der Waals surface area contributed by atoms with E-state index in [1.807, 2.05) is 0 Å². The monoisotopic (exact) mass is 493 g/mol. The summed E-state index contributed by atoms with van der Waals surface area (Å²) in [4.78, 5) is 33.1. The van der Waals surface area contributed by atoms with Crippen molar-refractivity contribution < 1.29 is 24.1 Å². The standard InChI is InChI=1S/C27H28FN3O5/c1-4-27(35)19-8-22-24-17(11-31(22)25(33)18(19)12-36-26(27)34)23(14(3)30-6-5-15(32)10-30)16-7-13(2)20(28)9-21(16)29-24/h7-9,14-15,32,35H,4-6,10-12H2,1-3H3/t14-,15+,27-/m0/s1. The molecule has 0 amide bonds. The molecule has 8 nitrogen and oxygen atoms in total. The molecule has 0 unspecified atom stereocenters. The third-order valence-electron chi connectivity index (χ3n) is 8.17. The average Bonchev–Trinajstić information content (AvgIpc) is 3.45. The molecule has 36 heavy (non-hydrogen) atoms. The number of rotatable bonds is 3. The smallest absolute Gasteiger partial charge is 0.343 e. The lowest BCUT2D eigenvalue weighted by Gasteiger charge is -2.31. The predicted octanol–water partition coefficient (Wildman–Crippen LogP) is 2.65. The number of hydrogen-bond acceptors (Lipinski definition) is 7. The number of likely N-dealkylation sites (tertiary alicyclic amines) is 1. The molecule has 0 spiro atoms. The molecule has 1 fully saturated rings. The maximum absolute atomic E-state index is 14.6. The fourth-order valence-corrected chi connectivity index (χ4v) is 6.02. The van der Waals surface area contributed by atoms with Crippen molar-refractivity contribution in [2.24, 2.45) is 0 Å². The van der Waals surface area contributed by atoms with Crippen LogP contribution >= 0.6 is 0 Å². The summed E-state index contributed by atoms with van der Waals surface area (Å²) in [6.07, 6.45) is 0.340. The first kappa shape index (κ1) is 23.3. The number of aryl methyl sites for hydroxylation is 1. The number of ether oxygens (including phenoxy) is 1. The summed E-state index contributed by atoms with van der Waals surface area (Å²) in [7, 11) is 0. The lowest BCUT2D eigenvalue weighted by atomic mass is 9.86. The Balaban J connectivity index is 1.63. The minimum absolute atomic E-state index is 0.0593. The minimum atomic E-state index is -1.91. The van der Waals surface area contributed by atoms with Gasteiger partial charge in [-0.25, -0.2) is 14.2 Å². The van der Waals surface area contributed by atoms with Gasteiger partial charge < -0.3 is 19.5 Å². The van der Waals surface area contributed by atoms with Gasteiger partial charge in [0.25, 0.3) is 5.56 Å². The molecule has 9 heteroatoms. The van der Waals surface area contributed by atoms with Crippen LogP contribution in [0.25, 0.3) is 22.3 Å². The number of hydrogen-bond donors (Lipinski definition) is 2. The van der Waals surface area contributed by atoms with Crippen LogP contribution in [-0.2, 0) is 28.3 Å². The van der Waals surface area contributed by atoms with Crippen LogP contribution in [0.3, 0.4) is 0 Å². The van der Waals surface area contributed by atoms with E-state index in [0.29, 0.717) is 35.4 Å². The molecule has 3 atom stereocenters. The lowest BCUT2D eigenvalue weighted by Crippen LogP contribution is -2.44. The molecule has 1 aromatic carbocycles. The Morgan fingerprint density at radius 3 is 2.75 bits per heavy atom. The number of aromatic nitrogens is 2. The van der Waals surface area contributed by atoms with Crippen LogP contribution in [0.15, 0.2) is 23.0 Å². The van der Waals surface area contributed by atoms with Gasteiger partial charge in [-0.1, -0.05) is 6.92 Å². The second-order valence-electron chi connectivity index (χ2n) is 10.2. The number of fused-ring (bicyclic) bond motifs is 5. The molecule has 1 saturated heterocycles. The second-order valence-corrected chi connectivity index (χ2v) is 10.2. The van der Waals surface area contributed by atoms with E-state index in [2.05, 4.69) is 11.8 Å². The van der Waals surface area contributed by atoms with E-state index in [9.17, 15) is 24.2 Å². The Labute approximate surface area is 206 Å². The highest BCUT2D eigenvalue weighted by Crippen LogP contribution is 2.43. The van der Waals surface area contributed by atoms with Gasteiger partial charge in [0.2, 0.25) is 0 Å². The molecule has 3 aliphatic rings. The van der Waals surface area contributed by atoms with Crippen molar-refractivity contribution in [1.82, 2.24) is 14.5 Å². The van der Waals surface area contributed by atoms with Gasteiger partial charge in [0, 0.05) is 41.7 Å². The molecule has 2 aromatic heterocycles. The minimum Gasteiger partial charge on any atom is -0.458 e. The maximum Gasteiger partial charge on any atom is 0.343 e. The third-order valence-corrected chi connectivity index (χ3v) is 8.17. The summed E-state index contributed by atoms with van der Waals surface area (Å²) in [6, 6.07) is 4.78. The molecular formula is C27H28FN3O5. The number of carbonyl (C=O) groups is 1. The number of cyclic esters (lactones) is 1. The van der Waals surface area contributed by atoms with Gasteiger partial charge >= 0.3 is 5.97 Å². The number of esters is 1. The van der Waals surface area contributed by atoms with Crippen LogP contribution in [0.4, 0.5) is 4.39 Å². The van der Waals surface area contributed by atoms with Crippen molar-refractivity contribution in [3.63, 3.8) is 0 Å². The number of carbonyl (C=O) groups excluding carboxylic acids is 1. The number of β-amino-alcohol motifs (C(OH)–C–C–N with tert-alkyl or cyclic N) is 1. The Bertz CT molecular complexity index is 1520. The largest absolute Gasteiger partial charge is 0.458 e.